The minimum absolute atomic E-state index is 0.0181. The van der Waals surface area contributed by atoms with Crippen molar-refractivity contribution in [2.45, 2.75) is 31.6 Å². The van der Waals surface area contributed by atoms with Crippen LogP contribution in [-0.2, 0) is 11.3 Å². The van der Waals surface area contributed by atoms with Gasteiger partial charge in [-0.1, -0.05) is 18.2 Å². The Hall–Kier alpha value is -2.15. The molecule has 1 atom stereocenters. The first-order chi connectivity index (χ1) is 12.7. The molecule has 0 saturated carbocycles. The molecule has 0 aliphatic carbocycles. The fourth-order valence-corrected chi connectivity index (χ4v) is 3.16. The SMILES string of the molecule is O=C(NC1CCN(C[C@@H](O)COCc2ccco2)CC1)c1ccccc1. The van der Waals surface area contributed by atoms with Crippen LogP contribution in [0.4, 0.5) is 0 Å². The number of aliphatic hydroxyl groups excluding tert-OH is 1. The van der Waals surface area contributed by atoms with Gasteiger partial charge in [0, 0.05) is 31.2 Å². The van der Waals surface area contributed by atoms with Crippen molar-refractivity contribution in [2.24, 2.45) is 0 Å². The summed E-state index contributed by atoms with van der Waals surface area (Å²) in [7, 11) is 0. The average Bonchev–Trinajstić information content (AvgIpc) is 3.17. The monoisotopic (exact) mass is 358 g/mol. The highest BCUT2D eigenvalue weighted by molar-refractivity contribution is 5.94. The Morgan fingerprint density at radius 1 is 1.23 bits per heavy atom. The molecule has 1 aliphatic heterocycles. The fourth-order valence-electron chi connectivity index (χ4n) is 3.16. The van der Waals surface area contributed by atoms with E-state index >= 15 is 0 Å². The summed E-state index contributed by atoms with van der Waals surface area (Å²) in [6.45, 7) is 2.95. The number of amides is 1. The zero-order chi connectivity index (χ0) is 18.2. The maximum atomic E-state index is 12.2. The van der Waals surface area contributed by atoms with Gasteiger partial charge in [0.2, 0.25) is 0 Å². The van der Waals surface area contributed by atoms with E-state index in [0.717, 1.165) is 31.7 Å². The topological polar surface area (TPSA) is 74.9 Å². The molecule has 1 aliphatic rings. The first-order valence-corrected chi connectivity index (χ1v) is 9.07. The number of ether oxygens (including phenoxy) is 1. The molecule has 6 heteroatoms. The van der Waals surface area contributed by atoms with E-state index in [0.29, 0.717) is 18.7 Å². The summed E-state index contributed by atoms with van der Waals surface area (Å²) in [6.07, 6.45) is 2.85. The molecule has 1 aromatic carbocycles. The lowest BCUT2D eigenvalue weighted by Gasteiger charge is -2.33. The summed E-state index contributed by atoms with van der Waals surface area (Å²) in [5.41, 5.74) is 0.694. The van der Waals surface area contributed by atoms with Crippen LogP contribution in [0.25, 0.3) is 0 Å². The third kappa shape index (κ3) is 5.69. The van der Waals surface area contributed by atoms with Gasteiger partial charge in [-0.05, 0) is 37.1 Å². The predicted octanol–water partition coefficient (Wildman–Crippen LogP) is 2.05. The number of nitrogens with zero attached hydrogens (tertiary/aromatic N) is 1. The van der Waals surface area contributed by atoms with Crippen LogP contribution in [0.3, 0.4) is 0 Å². The van der Waals surface area contributed by atoms with E-state index in [2.05, 4.69) is 10.2 Å². The molecule has 0 radical (unpaired) electrons. The quantitative estimate of drug-likeness (QED) is 0.755. The van der Waals surface area contributed by atoms with E-state index in [1.165, 1.54) is 0 Å². The minimum atomic E-state index is -0.527. The van der Waals surface area contributed by atoms with Gasteiger partial charge in [-0.2, -0.15) is 0 Å². The van der Waals surface area contributed by atoms with E-state index in [1.807, 2.05) is 42.5 Å². The summed E-state index contributed by atoms with van der Waals surface area (Å²) < 4.78 is 10.7. The molecule has 1 saturated heterocycles. The number of nitrogens with one attached hydrogen (secondary N) is 1. The number of furan rings is 1. The van der Waals surface area contributed by atoms with Crippen molar-refractivity contribution in [3.05, 3.63) is 60.1 Å². The van der Waals surface area contributed by atoms with Crippen LogP contribution in [0, 0.1) is 0 Å². The van der Waals surface area contributed by atoms with E-state index in [4.69, 9.17) is 9.15 Å². The van der Waals surface area contributed by atoms with Crippen molar-refractivity contribution >= 4 is 5.91 Å². The number of hydrogen-bond donors (Lipinski definition) is 2. The Balaban J connectivity index is 1.32. The van der Waals surface area contributed by atoms with Gasteiger partial charge < -0.3 is 24.5 Å². The molecule has 0 spiro atoms. The number of benzene rings is 1. The molecule has 2 N–H and O–H groups in total. The average molecular weight is 358 g/mol. The van der Waals surface area contributed by atoms with Crippen molar-refractivity contribution < 1.29 is 19.1 Å². The van der Waals surface area contributed by atoms with Crippen LogP contribution < -0.4 is 5.32 Å². The van der Waals surface area contributed by atoms with Crippen molar-refractivity contribution in [3.63, 3.8) is 0 Å². The maximum Gasteiger partial charge on any atom is 0.251 e. The summed E-state index contributed by atoms with van der Waals surface area (Å²) >= 11 is 0. The second-order valence-corrected chi connectivity index (χ2v) is 6.66. The summed E-state index contributed by atoms with van der Waals surface area (Å²) in [6, 6.07) is 13.1. The number of β-amino-alcohol motifs (C(OH)–C–C–N with tert-alkyl or cyclic N) is 1. The highest BCUT2D eigenvalue weighted by Gasteiger charge is 2.22. The molecule has 140 valence electrons. The number of hydrogen-bond acceptors (Lipinski definition) is 5. The first-order valence-electron chi connectivity index (χ1n) is 9.07. The second kappa shape index (κ2) is 9.52. The third-order valence-corrected chi connectivity index (χ3v) is 4.56. The zero-order valence-electron chi connectivity index (χ0n) is 14.8. The van der Waals surface area contributed by atoms with Gasteiger partial charge in [-0.15, -0.1) is 0 Å². The molecular weight excluding hydrogens is 332 g/mol. The lowest BCUT2D eigenvalue weighted by Crippen LogP contribution is -2.47. The van der Waals surface area contributed by atoms with Gasteiger partial charge in [0.05, 0.1) is 19.0 Å². The smallest absolute Gasteiger partial charge is 0.251 e. The molecule has 1 aromatic heterocycles. The Morgan fingerprint density at radius 3 is 2.69 bits per heavy atom. The van der Waals surface area contributed by atoms with E-state index in [9.17, 15) is 9.90 Å². The van der Waals surface area contributed by atoms with Crippen LogP contribution in [0.1, 0.15) is 29.0 Å². The van der Waals surface area contributed by atoms with Crippen LogP contribution in [-0.4, -0.2) is 54.3 Å². The van der Waals surface area contributed by atoms with Gasteiger partial charge in [0.15, 0.2) is 0 Å². The number of carbonyl (C=O) groups excluding carboxylic acids is 1. The fraction of sp³-hybridized carbons (Fsp3) is 0.450. The molecule has 26 heavy (non-hydrogen) atoms. The summed E-state index contributed by atoms with van der Waals surface area (Å²) in [5, 5.41) is 13.2. The van der Waals surface area contributed by atoms with Crippen molar-refractivity contribution in [3.8, 4) is 0 Å². The molecule has 2 aromatic rings. The van der Waals surface area contributed by atoms with Crippen molar-refractivity contribution in [1.29, 1.82) is 0 Å². The zero-order valence-corrected chi connectivity index (χ0v) is 14.8. The maximum absolute atomic E-state index is 12.2. The lowest BCUT2D eigenvalue weighted by molar-refractivity contribution is 0.00129. The Morgan fingerprint density at radius 2 is 2.00 bits per heavy atom. The van der Waals surface area contributed by atoms with Gasteiger partial charge in [-0.25, -0.2) is 0 Å². The van der Waals surface area contributed by atoms with Gasteiger partial charge in [-0.3, -0.25) is 4.79 Å². The molecule has 6 nitrogen and oxygen atoms in total. The van der Waals surface area contributed by atoms with Gasteiger partial charge >= 0.3 is 0 Å². The highest BCUT2D eigenvalue weighted by Crippen LogP contribution is 2.12. The second-order valence-electron chi connectivity index (χ2n) is 6.66. The van der Waals surface area contributed by atoms with Gasteiger partial charge in [0.1, 0.15) is 12.4 Å². The largest absolute Gasteiger partial charge is 0.467 e. The van der Waals surface area contributed by atoms with E-state index in [1.54, 1.807) is 6.26 Å². The van der Waals surface area contributed by atoms with Crippen molar-refractivity contribution in [2.75, 3.05) is 26.2 Å². The first kappa shape index (κ1) is 18.6. The molecule has 1 amide bonds. The Bertz CT molecular complexity index is 652. The third-order valence-electron chi connectivity index (χ3n) is 4.56. The summed E-state index contributed by atoms with van der Waals surface area (Å²) in [4.78, 5) is 14.4. The number of piperidine rings is 1. The molecule has 3 rings (SSSR count). The van der Waals surface area contributed by atoms with Crippen LogP contribution in [0.2, 0.25) is 0 Å². The minimum Gasteiger partial charge on any atom is -0.467 e. The van der Waals surface area contributed by atoms with Crippen LogP contribution in [0.15, 0.2) is 53.1 Å². The molecular formula is C20H26N2O4. The molecule has 0 unspecified atom stereocenters. The normalized spacial score (nSPS) is 17.1. The standard InChI is InChI=1S/C20H26N2O4/c23-18(14-25-15-19-7-4-12-26-19)13-22-10-8-17(9-11-22)21-20(24)16-5-2-1-3-6-16/h1-7,12,17-18,23H,8-11,13-15H2,(H,21,24)/t18-/m1/s1. The van der Waals surface area contributed by atoms with Crippen LogP contribution >= 0.6 is 0 Å². The summed E-state index contributed by atoms with van der Waals surface area (Å²) in [5.74, 6) is 0.739. The molecule has 2 heterocycles. The highest BCUT2D eigenvalue weighted by atomic mass is 16.5. The molecule has 1 fully saturated rings. The van der Waals surface area contributed by atoms with E-state index < -0.39 is 6.10 Å². The van der Waals surface area contributed by atoms with E-state index in [-0.39, 0.29) is 18.6 Å². The van der Waals surface area contributed by atoms with Crippen LogP contribution in [0.5, 0.6) is 0 Å². The number of carbonyl (C=O) groups is 1. The number of aliphatic hydroxyl groups is 1. The number of rotatable bonds is 8. The lowest BCUT2D eigenvalue weighted by atomic mass is 10.0. The number of likely N-dealkylation sites (tertiary alicyclic amines) is 1. The Labute approximate surface area is 153 Å². The molecule has 0 bridgehead atoms. The Kier molecular flexibility index (Phi) is 6.82. The van der Waals surface area contributed by atoms with Crippen molar-refractivity contribution in [1.82, 2.24) is 10.2 Å². The van der Waals surface area contributed by atoms with Gasteiger partial charge in [0.25, 0.3) is 5.91 Å². The predicted molar refractivity (Wildman–Crippen MR) is 97.7 cm³/mol.